The molecule has 1 saturated heterocycles. The van der Waals surface area contributed by atoms with E-state index in [9.17, 15) is 0 Å². The Bertz CT molecular complexity index is 2010. The number of nitrogens with zero attached hydrogens (tertiary/aromatic N) is 1. The first kappa shape index (κ1) is 29.3. The number of hydrogen-bond donors (Lipinski definition) is 0. The van der Waals surface area contributed by atoms with Gasteiger partial charge < -0.3 is 0 Å². The molecule has 1 aliphatic heterocycles. The molecule has 2 amide bonds. The molecular formula is C42H32ClNO3. The van der Waals surface area contributed by atoms with Crippen LogP contribution in [0.15, 0.2) is 127 Å². The second kappa shape index (κ2) is 10.5. The van der Waals surface area contributed by atoms with Crippen molar-refractivity contribution in [2.24, 2.45) is 11.8 Å². The third-order valence-corrected chi connectivity index (χ3v) is 11.0. The van der Waals surface area contributed by atoms with Gasteiger partial charge in [0.25, 0.3) is 0 Å². The van der Waals surface area contributed by atoms with Crippen LogP contribution in [0.25, 0.3) is 11.1 Å². The summed E-state index contributed by atoms with van der Waals surface area (Å²) in [5, 5.41) is 0.466. The number of benzene rings is 5. The molecule has 1 heterocycles. The van der Waals surface area contributed by atoms with E-state index in [2.05, 4.69) is 0 Å². The molecule has 2 bridgehead atoms. The number of allylic oxidation sites excluding steroid dienone is 2. The molecule has 4 atom stereocenters. The molecule has 2 fully saturated rings. The zero-order valence-corrected chi connectivity index (χ0v) is 27.1. The highest BCUT2D eigenvalue weighted by Gasteiger charge is 2.82. The molecule has 0 spiro atoms. The van der Waals surface area contributed by atoms with Crippen molar-refractivity contribution in [2.45, 2.75) is 31.6 Å². The Hall–Kier alpha value is -5.06. The maximum Gasteiger partial charge on any atom is 0.239 e. The summed E-state index contributed by atoms with van der Waals surface area (Å²) < 4.78 is 0. The molecular weight excluding hydrogens is 602 g/mol. The third kappa shape index (κ3) is 3.79. The second-order valence-electron chi connectivity index (χ2n) is 13.1. The van der Waals surface area contributed by atoms with Gasteiger partial charge in [-0.05, 0) is 71.9 Å². The van der Waals surface area contributed by atoms with Gasteiger partial charge in [-0.25, -0.2) is 4.90 Å². The number of carbonyl (C=O) groups is 3. The molecule has 230 valence electrons. The summed E-state index contributed by atoms with van der Waals surface area (Å²) in [6.07, 6.45) is 0. The molecule has 5 heteroatoms. The van der Waals surface area contributed by atoms with Crippen molar-refractivity contribution in [3.8, 4) is 0 Å². The molecule has 8 rings (SSSR count). The first-order valence-electron chi connectivity index (χ1n) is 15.9. The average Bonchev–Trinajstić information content (AvgIpc) is 3.60. The lowest BCUT2D eigenvalue weighted by atomic mass is 9.59. The van der Waals surface area contributed by atoms with E-state index in [-0.39, 0.29) is 17.6 Å². The monoisotopic (exact) mass is 633 g/mol. The van der Waals surface area contributed by atoms with Crippen LogP contribution in [-0.4, -0.2) is 17.6 Å². The van der Waals surface area contributed by atoms with Crippen LogP contribution in [0, 0.1) is 32.6 Å². The zero-order chi connectivity index (χ0) is 32.7. The summed E-state index contributed by atoms with van der Waals surface area (Å²) in [4.78, 5) is 47.4. The lowest BCUT2D eigenvalue weighted by molar-refractivity contribution is -0.130. The van der Waals surface area contributed by atoms with Crippen LogP contribution in [0.2, 0.25) is 5.02 Å². The highest BCUT2D eigenvalue weighted by Crippen LogP contribution is 2.74. The van der Waals surface area contributed by atoms with E-state index >= 15 is 14.4 Å². The summed E-state index contributed by atoms with van der Waals surface area (Å²) in [6, 6.07) is 40.8. The predicted octanol–water partition coefficient (Wildman–Crippen LogP) is 8.45. The number of carbonyl (C=O) groups excluding carboxylic acids is 3. The predicted molar refractivity (Wildman–Crippen MR) is 186 cm³/mol. The van der Waals surface area contributed by atoms with Crippen molar-refractivity contribution in [3.63, 3.8) is 0 Å². The largest absolute Gasteiger partial charge is 0.297 e. The minimum absolute atomic E-state index is 0.133. The van der Waals surface area contributed by atoms with Crippen LogP contribution in [0.4, 0.5) is 5.69 Å². The normalized spacial score (nSPS) is 24.8. The number of amides is 2. The minimum Gasteiger partial charge on any atom is -0.297 e. The fourth-order valence-corrected chi connectivity index (χ4v) is 8.71. The number of hydrogen-bond acceptors (Lipinski definition) is 3. The molecule has 1 saturated carbocycles. The number of aryl methyl sites for hydroxylation is 3. The highest BCUT2D eigenvalue weighted by atomic mass is 35.5. The van der Waals surface area contributed by atoms with E-state index in [0.29, 0.717) is 21.8 Å². The van der Waals surface area contributed by atoms with Crippen LogP contribution >= 0.6 is 11.6 Å². The number of imide groups is 1. The van der Waals surface area contributed by atoms with E-state index in [1.54, 1.807) is 12.1 Å². The molecule has 0 unspecified atom stereocenters. The molecule has 3 aliphatic rings. The van der Waals surface area contributed by atoms with Crippen LogP contribution in [0.3, 0.4) is 0 Å². The quantitative estimate of drug-likeness (QED) is 0.183. The van der Waals surface area contributed by atoms with Gasteiger partial charge in [0.15, 0.2) is 5.78 Å². The van der Waals surface area contributed by atoms with Crippen molar-refractivity contribution >= 4 is 46.0 Å². The number of rotatable bonds is 5. The van der Waals surface area contributed by atoms with Gasteiger partial charge in [-0.3, -0.25) is 14.4 Å². The van der Waals surface area contributed by atoms with Crippen LogP contribution < -0.4 is 4.90 Å². The van der Waals surface area contributed by atoms with E-state index in [1.165, 1.54) is 4.90 Å². The fourth-order valence-electron chi connectivity index (χ4n) is 8.54. The Kier molecular flexibility index (Phi) is 6.54. The smallest absolute Gasteiger partial charge is 0.239 e. The molecule has 0 radical (unpaired) electrons. The summed E-state index contributed by atoms with van der Waals surface area (Å²) in [6.45, 7) is 5.94. The number of halogens is 1. The Morgan fingerprint density at radius 2 is 0.979 bits per heavy atom. The number of ketones is 1. The van der Waals surface area contributed by atoms with Crippen molar-refractivity contribution in [2.75, 3.05) is 4.90 Å². The summed E-state index contributed by atoms with van der Waals surface area (Å²) in [5.41, 5.74) is 5.25. The maximum atomic E-state index is 16.0. The average molecular weight is 634 g/mol. The SMILES string of the molecule is Cc1ccc(C2=C(c3ccc(C)cc3)[C@@]3(c4ccccc4)C(=O)[C@@]2(c2ccccc2)[C@@H]2C(=O)N(c4ccc(C)c(Cl)c4)C(=O)[C@@H]23)cc1. The first-order valence-corrected chi connectivity index (χ1v) is 16.3. The maximum absolute atomic E-state index is 16.0. The van der Waals surface area contributed by atoms with Crippen molar-refractivity contribution in [1.82, 2.24) is 0 Å². The van der Waals surface area contributed by atoms with E-state index in [4.69, 9.17) is 11.6 Å². The molecule has 47 heavy (non-hydrogen) atoms. The van der Waals surface area contributed by atoms with Gasteiger partial charge in [0, 0.05) is 5.02 Å². The van der Waals surface area contributed by atoms with Crippen LogP contribution in [0.1, 0.15) is 38.9 Å². The first-order chi connectivity index (χ1) is 22.7. The fraction of sp³-hybridized carbons (Fsp3) is 0.167. The van der Waals surface area contributed by atoms with E-state index < -0.39 is 22.7 Å². The van der Waals surface area contributed by atoms with Gasteiger partial charge in [0.1, 0.15) is 0 Å². The van der Waals surface area contributed by atoms with Crippen molar-refractivity contribution < 1.29 is 14.4 Å². The van der Waals surface area contributed by atoms with E-state index in [0.717, 1.165) is 39.0 Å². The summed E-state index contributed by atoms with van der Waals surface area (Å²) in [5.74, 6) is -2.86. The van der Waals surface area contributed by atoms with Gasteiger partial charge in [0.2, 0.25) is 11.8 Å². The lowest BCUT2D eigenvalue weighted by Gasteiger charge is -2.39. The molecule has 0 aromatic heterocycles. The molecule has 5 aromatic rings. The minimum atomic E-state index is -1.44. The highest BCUT2D eigenvalue weighted by molar-refractivity contribution is 6.39. The second-order valence-corrected chi connectivity index (χ2v) is 13.5. The Morgan fingerprint density at radius 3 is 1.38 bits per heavy atom. The molecule has 2 aliphatic carbocycles. The third-order valence-electron chi connectivity index (χ3n) is 10.5. The Balaban J connectivity index is 1.55. The van der Waals surface area contributed by atoms with E-state index in [1.807, 2.05) is 136 Å². The number of anilines is 1. The van der Waals surface area contributed by atoms with Gasteiger partial charge >= 0.3 is 0 Å². The molecule has 5 aromatic carbocycles. The lowest BCUT2D eigenvalue weighted by Crippen LogP contribution is -2.45. The molecule has 0 N–H and O–H groups in total. The van der Waals surface area contributed by atoms with Gasteiger partial charge in [-0.15, -0.1) is 0 Å². The number of Topliss-reactive ketones (excluding diaryl/α,β-unsaturated/α-hetero) is 1. The molecule has 4 nitrogen and oxygen atoms in total. The Morgan fingerprint density at radius 1 is 0.553 bits per heavy atom. The Labute approximate surface area is 279 Å². The topological polar surface area (TPSA) is 54.5 Å². The van der Waals surface area contributed by atoms with Crippen molar-refractivity contribution in [3.05, 3.63) is 171 Å². The van der Waals surface area contributed by atoms with Crippen LogP contribution in [-0.2, 0) is 25.2 Å². The standard InChI is InChI=1S/C42H32ClNO3/c1-25-14-19-28(20-15-25)34-35(29-21-16-26(2)17-22-29)42(31-12-8-5-9-13-31)37-36(41(34,40(42)47)30-10-6-4-7-11-30)38(45)44(39(37)46)32-23-18-27(3)33(43)24-32/h4-24,36-37H,1-3H3/t36-,37+,41-,42-/m1/s1. The van der Waals surface area contributed by atoms with Gasteiger partial charge in [-0.2, -0.15) is 0 Å². The van der Waals surface area contributed by atoms with Crippen molar-refractivity contribution in [1.29, 1.82) is 0 Å². The number of fused-ring (bicyclic) bond motifs is 5. The van der Waals surface area contributed by atoms with Gasteiger partial charge in [0.05, 0.1) is 28.4 Å². The summed E-state index contributed by atoms with van der Waals surface area (Å²) >= 11 is 6.57. The van der Waals surface area contributed by atoms with Crippen LogP contribution in [0.5, 0.6) is 0 Å². The summed E-state index contributed by atoms with van der Waals surface area (Å²) in [7, 11) is 0. The zero-order valence-electron chi connectivity index (χ0n) is 26.3. The van der Waals surface area contributed by atoms with Gasteiger partial charge in [-0.1, -0.05) is 138 Å².